The Morgan fingerprint density at radius 2 is 2.16 bits per heavy atom. The number of thioether (sulfide) groups is 2. The van der Waals surface area contributed by atoms with Crippen LogP contribution >= 0.6 is 35.1 Å². The van der Waals surface area contributed by atoms with Crippen molar-refractivity contribution in [2.24, 2.45) is 10.6 Å². The molecule has 2 aromatic heterocycles. The third-order valence-electron chi connectivity index (χ3n) is 5.50. The Morgan fingerprint density at radius 1 is 1.41 bits per heavy atom. The second-order valence-electron chi connectivity index (χ2n) is 8.05. The van der Waals surface area contributed by atoms with Crippen molar-refractivity contribution in [1.29, 1.82) is 0 Å². The van der Waals surface area contributed by atoms with Crippen LogP contribution in [0.15, 0.2) is 16.4 Å². The molecule has 4 rings (SSSR count). The molecule has 2 saturated heterocycles. The normalized spacial score (nSPS) is 23.2. The summed E-state index contributed by atoms with van der Waals surface area (Å²) < 4.78 is 5.06. The Morgan fingerprint density at radius 3 is 2.81 bits per heavy atom. The first-order valence-electron chi connectivity index (χ1n) is 10.7. The van der Waals surface area contributed by atoms with Gasteiger partial charge in [-0.2, -0.15) is 9.36 Å². The van der Waals surface area contributed by atoms with E-state index in [9.17, 15) is 19.5 Å². The molecule has 198 valence electrons. The summed E-state index contributed by atoms with van der Waals surface area (Å²) >= 11 is 3.12. The van der Waals surface area contributed by atoms with Crippen molar-refractivity contribution in [3.05, 3.63) is 11.9 Å². The summed E-state index contributed by atoms with van der Waals surface area (Å²) in [6.07, 6.45) is 0. The van der Waals surface area contributed by atoms with Gasteiger partial charge in [-0.05, 0) is 18.7 Å². The smallest absolute Gasteiger partial charge is 0.322 e. The van der Waals surface area contributed by atoms with Crippen LogP contribution < -0.4 is 38.1 Å². The van der Waals surface area contributed by atoms with Gasteiger partial charge in [-0.15, -0.1) is 16.4 Å². The second-order valence-corrected chi connectivity index (χ2v) is 10.9. The molecule has 3 atom stereocenters. The maximum Gasteiger partial charge on any atom is 0.322 e. The number of carboxylic acid groups (broad SMARTS) is 1. The van der Waals surface area contributed by atoms with Crippen LogP contribution in [-0.4, -0.2) is 78.8 Å². The summed E-state index contributed by atoms with van der Waals surface area (Å²) in [4.78, 5) is 52.4. The molecule has 0 spiro atoms. The molecule has 2 aliphatic heterocycles. The van der Waals surface area contributed by atoms with Gasteiger partial charge in [0.1, 0.15) is 18.0 Å². The zero-order valence-corrected chi connectivity index (χ0v) is 21.8. The lowest BCUT2D eigenvalue weighted by Gasteiger charge is -2.55. The molecule has 4 heterocycles. The van der Waals surface area contributed by atoms with Crippen LogP contribution in [0.5, 0.6) is 0 Å². The van der Waals surface area contributed by atoms with E-state index in [4.69, 9.17) is 27.9 Å². The van der Waals surface area contributed by atoms with Gasteiger partial charge < -0.3 is 42.2 Å². The molecular weight excluding hydrogens is 546 g/mol. The number of hydrogen-bond donors (Lipinski definition) is 5. The summed E-state index contributed by atoms with van der Waals surface area (Å²) in [5, 5.41) is 18.4. The molecule has 0 radical (unpaired) electrons. The first-order valence-corrected chi connectivity index (χ1v) is 13.5. The number of fused-ring (bicyclic) bond motifs is 1. The van der Waals surface area contributed by atoms with Crippen molar-refractivity contribution in [2.75, 3.05) is 47.7 Å². The van der Waals surface area contributed by atoms with E-state index < -0.39 is 34.6 Å². The number of rotatable bonds is 9. The van der Waals surface area contributed by atoms with Crippen molar-refractivity contribution in [3.63, 3.8) is 0 Å². The number of nitrogens with one attached hydrogen (secondary N) is 1. The number of amides is 2. The van der Waals surface area contributed by atoms with Crippen LogP contribution in [0.25, 0.3) is 0 Å². The Kier molecular flexibility index (Phi) is 7.46. The van der Waals surface area contributed by atoms with Crippen molar-refractivity contribution in [1.82, 2.24) is 24.6 Å². The standard InChI is InChI=1S/C18H23N11O5S3/c1-2-34-26-9(11-25-16(21)37-27-11)12(30)24-10-13(31)28-4-18(15(32)33,5-35-14(10)28)6-36-17-23-7(19)3-8(20)29(17)22/h3,10,14H,2,4-6,22H2,1H3,(H7,19,20,21,24,25,27,30,32,33)/t10?,14-,18?/m1/s1. The highest BCUT2D eigenvalue weighted by Crippen LogP contribution is 2.43. The first kappa shape index (κ1) is 26.5. The van der Waals surface area contributed by atoms with Gasteiger partial charge in [0, 0.05) is 35.0 Å². The molecule has 2 amide bonds. The molecule has 19 heteroatoms. The summed E-state index contributed by atoms with van der Waals surface area (Å²) in [7, 11) is 0. The van der Waals surface area contributed by atoms with E-state index in [1.54, 1.807) is 6.92 Å². The summed E-state index contributed by atoms with van der Waals surface area (Å²) in [6.45, 7) is 1.74. The number of carbonyl (C=O) groups excluding carboxylic acids is 3. The maximum atomic E-state index is 12.9. The van der Waals surface area contributed by atoms with Gasteiger partial charge in [-0.1, -0.05) is 10.1 Å². The molecule has 37 heavy (non-hydrogen) atoms. The quantitative estimate of drug-likeness (QED) is 0.0371. The number of hydrogen-bond acceptors (Lipinski definition) is 16. The minimum atomic E-state index is -1.41. The van der Waals surface area contributed by atoms with Crippen molar-refractivity contribution >= 4 is 75.3 Å². The van der Waals surface area contributed by atoms with Gasteiger partial charge in [0.2, 0.25) is 29.1 Å². The van der Waals surface area contributed by atoms with Crippen LogP contribution in [0.4, 0.5) is 16.8 Å². The lowest BCUT2D eigenvalue weighted by atomic mass is 9.89. The van der Waals surface area contributed by atoms with Gasteiger partial charge >= 0.3 is 5.16 Å². The number of anilines is 3. The molecule has 16 nitrogen and oxygen atoms in total. The molecule has 0 bridgehead atoms. The predicted octanol–water partition coefficient (Wildman–Crippen LogP) is -3.65. The van der Waals surface area contributed by atoms with Gasteiger partial charge in [0.25, 0.3) is 5.91 Å². The van der Waals surface area contributed by atoms with Crippen LogP contribution in [0, 0.1) is 5.41 Å². The molecule has 9 N–H and O–H groups in total. The van der Waals surface area contributed by atoms with E-state index in [1.807, 2.05) is 0 Å². The zero-order valence-electron chi connectivity index (χ0n) is 19.3. The van der Waals surface area contributed by atoms with E-state index in [0.717, 1.165) is 28.0 Å². The highest BCUT2D eigenvalue weighted by Gasteiger charge is 2.56. The molecule has 0 aliphatic carbocycles. The third kappa shape index (κ3) is 5.14. The highest BCUT2D eigenvalue weighted by atomic mass is 32.2. The SMILES string of the molecule is CCON=C(C(=O)NC1C(=O)N2CC(CSc3nc(N)cc(N)[n+]3N)(C(=O)[O-])CS[C@H]12)c1nsc(N)n1. The van der Waals surface area contributed by atoms with E-state index in [0.29, 0.717) is 0 Å². The monoisotopic (exact) mass is 569 g/mol. The summed E-state index contributed by atoms with van der Waals surface area (Å²) in [5.74, 6) is 3.71. The molecule has 0 saturated carbocycles. The lowest BCUT2D eigenvalue weighted by molar-refractivity contribution is -0.667. The predicted molar refractivity (Wildman–Crippen MR) is 134 cm³/mol. The molecule has 2 fully saturated rings. The third-order valence-corrected chi connectivity index (χ3v) is 8.87. The lowest BCUT2D eigenvalue weighted by Crippen LogP contribution is -2.75. The summed E-state index contributed by atoms with van der Waals surface area (Å²) in [5.41, 5.74) is 15.5. The van der Waals surface area contributed by atoms with Gasteiger partial charge in [0.05, 0.1) is 12.0 Å². The number of nitrogen functional groups attached to an aromatic ring is 4. The zero-order chi connectivity index (χ0) is 26.9. The van der Waals surface area contributed by atoms with Crippen LogP contribution in [0.3, 0.4) is 0 Å². The van der Waals surface area contributed by atoms with Gasteiger partial charge in [-0.3, -0.25) is 15.4 Å². The van der Waals surface area contributed by atoms with Crippen LogP contribution in [-0.2, 0) is 19.2 Å². The fourth-order valence-corrected chi connectivity index (χ4v) is 6.81. The van der Waals surface area contributed by atoms with Crippen LogP contribution in [0.1, 0.15) is 12.7 Å². The fourth-order valence-electron chi connectivity index (χ4n) is 3.58. The number of carboxylic acids is 1. The highest BCUT2D eigenvalue weighted by molar-refractivity contribution is 8.00. The first-order chi connectivity index (χ1) is 17.6. The largest absolute Gasteiger partial charge is 0.549 e. The van der Waals surface area contributed by atoms with Crippen molar-refractivity contribution in [3.8, 4) is 0 Å². The molecular formula is C18H23N11O5S3. The number of β-lactam (4-membered cyclic amide) rings is 1. The fraction of sp³-hybridized carbons (Fsp3) is 0.444. The number of nitrogens with two attached hydrogens (primary N) is 4. The van der Waals surface area contributed by atoms with Crippen molar-refractivity contribution < 1.29 is 29.0 Å². The minimum Gasteiger partial charge on any atom is -0.549 e. The number of nitrogens with zero attached hydrogens (tertiary/aromatic N) is 6. The topological polar surface area (TPSA) is 258 Å². The Labute approximate surface area is 222 Å². The van der Waals surface area contributed by atoms with Gasteiger partial charge in [-0.25, -0.2) is 0 Å². The van der Waals surface area contributed by atoms with E-state index in [2.05, 4.69) is 24.8 Å². The van der Waals surface area contributed by atoms with Crippen LogP contribution in [0.2, 0.25) is 0 Å². The Bertz CT molecular complexity index is 1270. The number of aliphatic carboxylic acids is 1. The molecule has 2 aliphatic rings. The molecule has 0 aromatic carbocycles. The van der Waals surface area contributed by atoms with Crippen molar-refractivity contribution in [2.45, 2.75) is 23.5 Å². The average Bonchev–Trinajstić information content (AvgIpc) is 3.29. The average molecular weight is 570 g/mol. The van der Waals surface area contributed by atoms with E-state index in [1.165, 1.54) is 22.7 Å². The molecule has 2 aromatic rings. The van der Waals surface area contributed by atoms with Gasteiger partial charge in [0.15, 0.2) is 5.13 Å². The van der Waals surface area contributed by atoms with E-state index >= 15 is 0 Å². The number of oxime groups is 1. The van der Waals surface area contributed by atoms with E-state index in [-0.39, 0.29) is 58.1 Å². The Hall–Kier alpha value is -3.58. The minimum absolute atomic E-state index is 0.00890. The number of carbonyl (C=O) groups is 3. The number of aromatic nitrogens is 4. The molecule has 2 unspecified atom stereocenters. The maximum absolute atomic E-state index is 12.9. The second kappa shape index (κ2) is 10.4. The summed E-state index contributed by atoms with van der Waals surface area (Å²) in [6, 6.07) is 0.464. The Balaban J connectivity index is 1.45.